The predicted molar refractivity (Wildman–Crippen MR) is 83.8 cm³/mol. The Morgan fingerprint density at radius 1 is 1.40 bits per heavy atom. The maximum Gasteiger partial charge on any atom is 0.241 e. The summed E-state index contributed by atoms with van der Waals surface area (Å²) in [6.07, 6.45) is 3.80. The van der Waals surface area contributed by atoms with Crippen LogP contribution in [0.1, 0.15) is 18.4 Å². The molecule has 1 amide bonds. The van der Waals surface area contributed by atoms with Crippen molar-refractivity contribution < 1.29 is 9.53 Å². The van der Waals surface area contributed by atoms with Gasteiger partial charge in [-0.1, -0.05) is 12.1 Å². The third-order valence-electron chi connectivity index (χ3n) is 3.61. The molecule has 1 aliphatic heterocycles. The number of carbonyl (C=O) groups is 1. The van der Waals surface area contributed by atoms with E-state index in [1.165, 1.54) is 5.56 Å². The SMILES string of the molecule is CSCc1ccc(NC(=O)C(N)C2CCOCC2)cc1. The monoisotopic (exact) mass is 294 g/mol. The fourth-order valence-electron chi connectivity index (χ4n) is 2.37. The Morgan fingerprint density at radius 2 is 2.05 bits per heavy atom. The second-order valence-corrected chi connectivity index (χ2v) is 5.96. The Kier molecular flexibility index (Phi) is 5.88. The number of nitrogens with two attached hydrogens (primary N) is 1. The molecule has 1 aromatic carbocycles. The van der Waals surface area contributed by atoms with E-state index in [0.717, 1.165) is 24.3 Å². The van der Waals surface area contributed by atoms with Gasteiger partial charge in [-0.25, -0.2) is 0 Å². The molecule has 1 unspecified atom stereocenters. The van der Waals surface area contributed by atoms with Crippen molar-refractivity contribution in [1.82, 2.24) is 0 Å². The van der Waals surface area contributed by atoms with E-state index in [1.54, 1.807) is 11.8 Å². The van der Waals surface area contributed by atoms with Crippen molar-refractivity contribution in [3.63, 3.8) is 0 Å². The standard InChI is InChI=1S/C15H22N2O2S/c1-20-10-11-2-4-13(5-3-11)17-15(18)14(16)12-6-8-19-9-7-12/h2-5,12,14H,6-10,16H2,1H3,(H,17,18). The van der Waals surface area contributed by atoms with Crippen LogP contribution in [0.25, 0.3) is 0 Å². The lowest BCUT2D eigenvalue weighted by Gasteiger charge is -2.26. The highest BCUT2D eigenvalue weighted by Gasteiger charge is 2.26. The van der Waals surface area contributed by atoms with Crippen molar-refractivity contribution >= 4 is 23.4 Å². The van der Waals surface area contributed by atoms with Crippen LogP contribution in [0, 0.1) is 5.92 Å². The number of rotatable bonds is 5. The van der Waals surface area contributed by atoms with Gasteiger partial charge in [0.05, 0.1) is 6.04 Å². The number of thioether (sulfide) groups is 1. The highest BCUT2D eigenvalue weighted by molar-refractivity contribution is 7.97. The first-order valence-electron chi connectivity index (χ1n) is 6.93. The first-order valence-corrected chi connectivity index (χ1v) is 8.32. The molecule has 1 aliphatic rings. The topological polar surface area (TPSA) is 64.4 Å². The van der Waals surface area contributed by atoms with Crippen molar-refractivity contribution in [3.8, 4) is 0 Å². The normalized spacial score (nSPS) is 17.7. The van der Waals surface area contributed by atoms with Crippen LogP contribution in [0.3, 0.4) is 0 Å². The second kappa shape index (κ2) is 7.67. The van der Waals surface area contributed by atoms with Gasteiger partial charge in [0.1, 0.15) is 0 Å². The number of benzene rings is 1. The van der Waals surface area contributed by atoms with Crippen LogP contribution >= 0.6 is 11.8 Å². The maximum absolute atomic E-state index is 12.1. The van der Waals surface area contributed by atoms with Gasteiger partial charge in [0.15, 0.2) is 0 Å². The fourth-order valence-corrected chi connectivity index (χ4v) is 2.89. The molecule has 110 valence electrons. The summed E-state index contributed by atoms with van der Waals surface area (Å²) in [5.74, 6) is 1.10. The zero-order valence-electron chi connectivity index (χ0n) is 11.8. The molecule has 1 fully saturated rings. The Labute approximate surface area is 124 Å². The largest absolute Gasteiger partial charge is 0.381 e. The van der Waals surface area contributed by atoms with Crippen LogP contribution in [0.5, 0.6) is 0 Å². The minimum absolute atomic E-state index is 0.102. The molecule has 1 atom stereocenters. The van der Waals surface area contributed by atoms with Crippen LogP contribution in [-0.2, 0) is 15.3 Å². The molecular weight excluding hydrogens is 272 g/mol. The molecule has 0 saturated carbocycles. The van der Waals surface area contributed by atoms with E-state index in [2.05, 4.69) is 11.6 Å². The first kappa shape index (κ1) is 15.4. The number of hydrogen-bond acceptors (Lipinski definition) is 4. The summed E-state index contributed by atoms with van der Waals surface area (Å²) in [5.41, 5.74) is 8.11. The molecule has 0 aliphatic carbocycles. The Hall–Kier alpha value is -1.04. The van der Waals surface area contributed by atoms with E-state index >= 15 is 0 Å². The van der Waals surface area contributed by atoms with E-state index in [4.69, 9.17) is 10.5 Å². The summed E-state index contributed by atoms with van der Waals surface area (Å²) < 4.78 is 5.29. The summed E-state index contributed by atoms with van der Waals surface area (Å²) >= 11 is 1.78. The summed E-state index contributed by atoms with van der Waals surface area (Å²) in [4.78, 5) is 12.1. The van der Waals surface area contributed by atoms with Crippen molar-refractivity contribution in [3.05, 3.63) is 29.8 Å². The molecule has 20 heavy (non-hydrogen) atoms. The van der Waals surface area contributed by atoms with Gasteiger partial charge in [-0.05, 0) is 42.7 Å². The Morgan fingerprint density at radius 3 is 2.65 bits per heavy atom. The van der Waals surface area contributed by atoms with Gasteiger partial charge >= 0.3 is 0 Å². The molecule has 0 aromatic heterocycles. The maximum atomic E-state index is 12.1. The van der Waals surface area contributed by atoms with Crippen LogP contribution in [-0.4, -0.2) is 31.4 Å². The average Bonchev–Trinajstić information content (AvgIpc) is 2.49. The van der Waals surface area contributed by atoms with E-state index in [1.807, 2.05) is 24.3 Å². The lowest BCUT2D eigenvalue weighted by Crippen LogP contribution is -2.43. The number of hydrogen-bond donors (Lipinski definition) is 2. The smallest absolute Gasteiger partial charge is 0.241 e. The Bertz CT molecular complexity index is 430. The molecule has 5 heteroatoms. The van der Waals surface area contributed by atoms with Gasteiger partial charge in [0, 0.05) is 24.7 Å². The molecule has 0 spiro atoms. The minimum atomic E-state index is -0.454. The number of anilines is 1. The van der Waals surface area contributed by atoms with Crippen LogP contribution < -0.4 is 11.1 Å². The molecule has 2 rings (SSSR count). The van der Waals surface area contributed by atoms with E-state index in [0.29, 0.717) is 13.2 Å². The zero-order valence-corrected chi connectivity index (χ0v) is 12.6. The number of ether oxygens (including phenoxy) is 1. The van der Waals surface area contributed by atoms with Crippen molar-refractivity contribution in [2.45, 2.75) is 24.6 Å². The van der Waals surface area contributed by atoms with Gasteiger partial charge in [-0.2, -0.15) is 11.8 Å². The lowest BCUT2D eigenvalue weighted by atomic mass is 9.92. The second-order valence-electron chi connectivity index (χ2n) is 5.09. The molecule has 1 saturated heterocycles. The first-order chi connectivity index (χ1) is 9.70. The predicted octanol–water partition coefficient (Wildman–Crippen LogP) is 2.24. The average molecular weight is 294 g/mol. The summed E-state index contributed by atoms with van der Waals surface area (Å²) in [7, 11) is 0. The Balaban J connectivity index is 1.89. The third-order valence-corrected chi connectivity index (χ3v) is 4.23. The number of amides is 1. The molecular formula is C15H22N2O2S. The fraction of sp³-hybridized carbons (Fsp3) is 0.533. The molecule has 4 nitrogen and oxygen atoms in total. The molecule has 3 N–H and O–H groups in total. The van der Waals surface area contributed by atoms with Gasteiger partial charge in [0.25, 0.3) is 0 Å². The summed E-state index contributed by atoms with van der Waals surface area (Å²) in [5, 5.41) is 2.90. The van der Waals surface area contributed by atoms with E-state index < -0.39 is 6.04 Å². The van der Waals surface area contributed by atoms with Crippen LogP contribution in [0.15, 0.2) is 24.3 Å². The van der Waals surface area contributed by atoms with Gasteiger partial charge < -0.3 is 15.8 Å². The van der Waals surface area contributed by atoms with Gasteiger partial charge in [-0.15, -0.1) is 0 Å². The highest BCUT2D eigenvalue weighted by atomic mass is 32.2. The summed E-state index contributed by atoms with van der Waals surface area (Å²) in [6, 6.07) is 7.48. The number of carbonyl (C=O) groups excluding carboxylic acids is 1. The molecule has 0 radical (unpaired) electrons. The number of nitrogens with one attached hydrogen (secondary N) is 1. The molecule has 1 aromatic rings. The van der Waals surface area contributed by atoms with Gasteiger partial charge in [0.2, 0.25) is 5.91 Å². The van der Waals surface area contributed by atoms with Crippen LogP contribution in [0.2, 0.25) is 0 Å². The molecule has 0 bridgehead atoms. The lowest BCUT2D eigenvalue weighted by molar-refractivity contribution is -0.119. The van der Waals surface area contributed by atoms with E-state index in [9.17, 15) is 4.79 Å². The highest BCUT2D eigenvalue weighted by Crippen LogP contribution is 2.19. The zero-order chi connectivity index (χ0) is 14.4. The van der Waals surface area contributed by atoms with Crippen molar-refractivity contribution in [1.29, 1.82) is 0 Å². The van der Waals surface area contributed by atoms with Crippen molar-refractivity contribution in [2.75, 3.05) is 24.8 Å². The van der Waals surface area contributed by atoms with Crippen LogP contribution in [0.4, 0.5) is 5.69 Å². The van der Waals surface area contributed by atoms with Crippen molar-refractivity contribution in [2.24, 2.45) is 11.7 Å². The van der Waals surface area contributed by atoms with Gasteiger partial charge in [-0.3, -0.25) is 4.79 Å². The van der Waals surface area contributed by atoms with E-state index in [-0.39, 0.29) is 11.8 Å². The minimum Gasteiger partial charge on any atom is -0.381 e. The molecule has 1 heterocycles. The summed E-state index contributed by atoms with van der Waals surface area (Å²) in [6.45, 7) is 1.41. The third kappa shape index (κ3) is 4.23. The quantitative estimate of drug-likeness (QED) is 0.874.